The Balaban J connectivity index is 2.06. The summed E-state index contributed by atoms with van der Waals surface area (Å²) in [6, 6.07) is 17.5. The fourth-order valence-electron chi connectivity index (χ4n) is 2.57. The van der Waals surface area contributed by atoms with E-state index in [0.29, 0.717) is 12.2 Å². The summed E-state index contributed by atoms with van der Waals surface area (Å²) in [5, 5.41) is 3.15. The Kier molecular flexibility index (Phi) is 3.83. The second-order valence-electron chi connectivity index (χ2n) is 5.19. The summed E-state index contributed by atoms with van der Waals surface area (Å²) in [6.07, 6.45) is 0.615. The van der Waals surface area contributed by atoms with Gasteiger partial charge in [0.1, 0.15) is 11.4 Å². The van der Waals surface area contributed by atoms with Gasteiger partial charge in [-0.1, -0.05) is 42.5 Å². The van der Waals surface area contributed by atoms with Gasteiger partial charge in [-0.25, -0.2) is 4.68 Å². The molecule has 0 unspecified atom stereocenters. The first-order chi connectivity index (χ1) is 10.7. The smallest absolute Gasteiger partial charge is 0.275 e. The van der Waals surface area contributed by atoms with E-state index in [-0.39, 0.29) is 5.56 Å². The van der Waals surface area contributed by atoms with Crippen LogP contribution in [0.25, 0.3) is 5.69 Å². The standard InChI is InChI=1S/C18H18N2O2/c1-13-15(12-14-8-4-3-5-9-14)18(21)20(19-13)16-10-6-7-11-17(16)22-2/h3-11,19H,12H2,1-2H3. The van der Waals surface area contributed by atoms with Crippen molar-refractivity contribution in [3.63, 3.8) is 0 Å². The van der Waals surface area contributed by atoms with E-state index < -0.39 is 0 Å². The van der Waals surface area contributed by atoms with Gasteiger partial charge in [0.2, 0.25) is 0 Å². The van der Waals surface area contributed by atoms with Crippen LogP contribution in [0.15, 0.2) is 59.4 Å². The lowest BCUT2D eigenvalue weighted by atomic mass is 10.1. The van der Waals surface area contributed by atoms with Gasteiger partial charge in [0.25, 0.3) is 5.56 Å². The van der Waals surface area contributed by atoms with Crippen molar-refractivity contribution in [1.82, 2.24) is 9.78 Å². The number of nitrogens with one attached hydrogen (secondary N) is 1. The summed E-state index contributed by atoms with van der Waals surface area (Å²) in [6.45, 7) is 1.92. The van der Waals surface area contributed by atoms with Gasteiger partial charge >= 0.3 is 0 Å². The van der Waals surface area contributed by atoms with Crippen LogP contribution in [0.5, 0.6) is 5.75 Å². The number of hydrogen-bond donors (Lipinski definition) is 1. The summed E-state index contributed by atoms with van der Waals surface area (Å²) < 4.78 is 6.89. The second kappa shape index (κ2) is 5.93. The van der Waals surface area contributed by atoms with Gasteiger partial charge in [-0.05, 0) is 24.6 Å². The molecular formula is C18H18N2O2. The number of H-pyrrole nitrogens is 1. The van der Waals surface area contributed by atoms with Gasteiger partial charge in [-0.2, -0.15) is 0 Å². The van der Waals surface area contributed by atoms with Crippen LogP contribution in [0.1, 0.15) is 16.8 Å². The lowest BCUT2D eigenvalue weighted by molar-refractivity contribution is 0.411. The number of aromatic amines is 1. The quantitative estimate of drug-likeness (QED) is 0.804. The molecule has 22 heavy (non-hydrogen) atoms. The molecule has 0 bridgehead atoms. The van der Waals surface area contributed by atoms with E-state index in [1.807, 2.05) is 61.5 Å². The zero-order valence-corrected chi connectivity index (χ0v) is 12.7. The van der Waals surface area contributed by atoms with Gasteiger partial charge in [-0.15, -0.1) is 0 Å². The van der Waals surface area contributed by atoms with Gasteiger partial charge in [0.05, 0.1) is 7.11 Å². The minimum atomic E-state index is -0.0362. The maximum atomic E-state index is 12.7. The molecule has 0 spiro atoms. The lowest BCUT2D eigenvalue weighted by Gasteiger charge is -2.07. The SMILES string of the molecule is COc1ccccc1-n1[nH]c(C)c(Cc2ccccc2)c1=O. The van der Waals surface area contributed by atoms with Crippen LogP contribution < -0.4 is 10.3 Å². The van der Waals surface area contributed by atoms with Crippen LogP contribution in [0.2, 0.25) is 0 Å². The Bertz CT molecular complexity index is 832. The molecule has 0 saturated heterocycles. The molecule has 1 N–H and O–H groups in total. The molecule has 0 aliphatic carbocycles. The third kappa shape index (κ3) is 2.55. The van der Waals surface area contributed by atoms with Crippen molar-refractivity contribution in [1.29, 1.82) is 0 Å². The van der Waals surface area contributed by atoms with Gasteiger partial charge in [0, 0.05) is 17.7 Å². The Labute approximate surface area is 129 Å². The summed E-state index contributed by atoms with van der Waals surface area (Å²) in [7, 11) is 1.60. The van der Waals surface area contributed by atoms with E-state index in [0.717, 1.165) is 22.5 Å². The van der Waals surface area contributed by atoms with Crippen LogP contribution in [-0.4, -0.2) is 16.9 Å². The molecule has 0 aliphatic heterocycles. The molecule has 0 amide bonds. The minimum Gasteiger partial charge on any atom is -0.494 e. The second-order valence-corrected chi connectivity index (χ2v) is 5.19. The molecular weight excluding hydrogens is 276 g/mol. The molecule has 0 saturated carbocycles. The molecule has 0 radical (unpaired) electrons. The largest absolute Gasteiger partial charge is 0.494 e. The van der Waals surface area contributed by atoms with Crippen molar-refractivity contribution in [2.45, 2.75) is 13.3 Å². The van der Waals surface area contributed by atoms with E-state index in [1.54, 1.807) is 11.8 Å². The highest BCUT2D eigenvalue weighted by Gasteiger charge is 2.15. The first-order valence-electron chi connectivity index (χ1n) is 7.18. The van der Waals surface area contributed by atoms with Crippen molar-refractivity contribution in [2.24, 2.45) is 0 Å². The van der Waals surface area contributed by atoms with E-state index in [1.165, 1.54) is 0 Å². The van der Waals surface area contributed by atoms with Crippen LogP contribution >= 0.6 is 0 Å². The molecule has 4 heteroatoms. The van der Waals surface area contributed by atoms with E-state index >= 15 is 0 Å². The number of aromatic nitrogens is 2. The number of nitrogens with zero attached hydrogens (tertiary/aromatic N) is 1. The van der Waals surface area contributed by atoms with Crippen LogP contribution in [0, 0.1) is 6.92 Å². The molecule has 1 heterocycles. The minimum absolute atomic E-state index is 0.0362. The van der Waals surface area contributed by atoms with Crippen LogP contribution in [0.3, 0.4) is 0 Å². The molecule has 1 aromatic heterocycles. The predicted molar refractivity (Wildman–Crippen MR) is 86.9 cm³/mol. The monoisotopic (exact) mass is 294 g/mol. The highest BCUT2D eigenvalue weighted by Crippen LogP contribution is 2.21. The first-order valence-corrected chi connectivity index (χ1v) is 7.18. The topological polar surface area (TPSA) is 47.0 Å². The van der Waals surface area contributed by atoms with E-state index in [4.69, 9.17) is 4.74 Å². The molecule has 4 nitrogen and oxygen atoms in total. The lowest BCUT2D eigenvalue weighted by Crippen LogP contribution is -2.18. The van der Waals surface area contributed by atoms with Crippen molar-refractivity contribution < 1.29 is 4.74 Å². The van der Waals surface area contributed by atoms with Crippen molar-refractivity contribution in [3.8, 4) is 11.4 Å². The highest BCUT2D eigenvalue weighted by atomic mass is 16.5. The number of methoxy groups -OCH3 is 1. The predicted octanol–water partition coefficient (Wildman–Crippen LogP) is 3.07. The Morgan fingerprint density at radius 2 is 1.73 bits per heavy atom. The number of para-hydroxylation sites is 2. The van der Waals surface area contributed by atoms with Crippen LogP contribution in [0.4, 0.5) is 0 Å². The van der Waals surface area contributed by atoms with Gasteiger partial charge < -0.3 is 4.74 Å². The number of ether oxygens (including phenoxy) is 1. The summed E-state index contributed by atoms with van der Waals surface area (Å²) >= 11 is 0. The van der Waals surface area contributed by atoms with Crippen molar-refractivity contribution in [3.05, 3.63) is 81.8 Å². The highest BCUT2D eigenvalue weighted by molar-refractivity contribution is 5.46. The Morgan fingerprint density at radius 3 is 2.45 bits per heavy atom. The average molecular weight is 294 g/mol. The van der Waals surface area contributed by atoms with Crippen molar-refractivity contribution >= 4 is 0 Å². The fraction of sp³-hybridized carbons (Fsp3) is 0.167. The van der Waals surface area contributed by atoms with Gasteiger partial charge in [0.15, 0.2) is 0 Å². The summed E-state index contributed by atoms with van der Waals surface area (Å²) in [4.78, 5) is 12.7. The van der Waals surface area contributed by atoms with E-state index in [9.17, 15) is 4.79 Å². The molecule has 3 aromatic rings. The Hall–Kier alpha value is -2.75. The molecule has 0 fully saturated rings. The third-order valence-electron chi connectivity index (χ3n) is 3.74. The molecule has 3 rings (SSSR count). The van der Waals surface area contributed by atoms with Crippen LogP contribution in [-0.2, 0) is 6.42 Å². The molecule has 2 aromatic carbocycles. The molecule has 112 valence electrons. The number of aryl methyl sites for hydroxylation is 1. The Morgan fingerprint density at radius 1 is 1.05 bits per heavy atom. The zero-order valence-electron chi connectivity index (χ0n) is 12.7. The number of hydrogen-bond acceptors (Lipinski definition) is 2. The molecule has 0 atom stereocenters. The average Bonchev–Trinajstić information content (AvgIpc) is 2.84. The number of benzene rings is 2. The maximum absolute atomic E-state index is 12.7. The fourth-order valence-corrected chi connectivity index (χ4v) is 2.57. The first kappa shape index (κ1) is 14.2. The maximum Gasteiger partial charge on any atom is 0.275 e. The third-order valence-corrected chi connectivity index (χ3v) is 3.74. The normalized spacial score (nSPS) is 10.6. The number of rotatable bonds is 4. The summed E-state index contributed by atoms with van der Waals surface area (Å²) in [5.74, 6) is 0.664. The van der Waals surface area contributed by atoms with E-state index in [2.05, 4.69) is 5.10 Å². The molecule has 0 aliphatic rings. The summed E-state index contributed by atoms with van der Waals surface area (Å²) in [5.41, 5.74) is 3.45. The van der Waals surface area contributed by atoms with Crippen molar-refractivity contribution in [2.75, 3.05) is 7.11 Å². The van der Waals surface area contributed by atoms with Gasteiger partial charge in [-0.3, -0.25) is 9.89 Å². The zero-order chi connectivity index (χ0) is 15.5.